The van der Waals surface area contributed by atoms with Gasteiger partial charge in [-0.25, -0.2) is 0 Å². The van der Waals surface area contributed by atoms with E-state index in [1.165, 1.54) is 22.9 Å². The summed E-state index contributed by atoms with van der Waals surface area (Å²) in [5, 5.41) is 3.18. The molecule has 0 unspecified atom stereocenters. The summed E-state index contributed by atoms with van der Waals surface area (Å²) in [6, 6.07) is 8.51. The lowest BCUT2D eigenvalue weighted by molar-refractivity contribution is -0.116. The fourth-order valence-corrected chi connectivity index (χ4v) is 1.98. The minimum Gasteiger partial charge on any atom is -0.325 e. The van der Waals surface area contributed by atoms with E-state index >= 15 is 0 Å². The van der Waals surface area contributed by atoms with Crippen LogP contribution in [-0.4, -0.2) is 10.5 Å². The first-order valence-corrected chi connectivity index (χ1v) is 6.56. The third-order valence-corrected chi connectivity index (χ3v) is 3.28. The molecular weight excluding hydrogens is 276 g/mol. The van der Waals surface area contributed by atoms with Crippen molar-refractivity contribution in [1.29, 1.82) is 0 Å². The van der Waals surface area contributed by atoms with E-state index in [4.69, 9.17) is 11.6 Å². The lowest BCUT2D eigenvalue weighted by Gasteiger charge is -2.09. The van der Waals surface area contributed by atoms with Crippen LogP contribution in [0.5, 0.6) is 0 Å². The molecule has 0 aliphatic heterocycles. The Morgan fingerprint density at radius 3 is 2.65 bits per heavy atom. The lowest BCUT2D eigenvalue weighted by atomic mass is 10.1. The minimum atomic E-state index is -0.266. The third-order valence-electron chi connectivity index (χ3n) is 3.05. The second-order valence-corrected chi connectivity index (χ2v) is 5.10. The van der Waals surface area contributed by atoms with Crippen LogP contribution in [0, 0.1) is 13.8 Å². The Morgan fingerprint density at radius 2 is 1.95 bits per heavy atom. The summed E-state index contributed by atoms with van der Waals surface area (Å²) >= 11 is 5.81. The summed E-state index contributed by atoms with van der Waals surface area (Å²) in [6.07, 6.45) is 1.45. The SMILES string of the molecule is Cc1ccc(NC(=O)Cn2cc(Cl)ccc2=O)cc1C. The molecular formula is C15H15ClN2O2. The van der Waals surface area contributed by atoms with E-state index in [2.05, 4.69) is 5.32 Å². The van der Waals surface area contributed by atoms with Gasteiger partial charge in [0.1, 0.15) is 6.54 Å². The van der Waals surface area contributed by atoms with E-state index in [1.807, 2.05) is 32.0 Å². The summed E-state index contributed by atoms with van der Waals surface area (Å²) in [6.45, 7) is 3.92. The molecule has 104 valence electrons. The van der Waals surface area contributed by atoms with Gasteiger partial charge in [-0.05, 0) is 43.2 Å². The highest BCUT2D eigenvalue weighted by Gasteiger charge is 2.06. The Bertz CT molecular complexity index is 707. The standard InChI is InChI=1S/C15H15ClN2O2/c1-10-3-5-13(7-11(10)2)17-14(19)9-18-8-12(16)4-6-15(18)20/h3-8H,9H2,1-2H3,(H,17,19). The molecule has 20 heavy (non-hydrogen) atoms. The number of nitrogens with one attached hydrogen (secondary N) is 1. The van der Waals surface area contributed by atoms with Crippen molar-refractivity contribution in [2.45, 2.75) is 20.4 Å². The van der Waals surface area contributed by atoms with Crippen molar-refractivity contribution in [3.63, 3.8) is 0 Å². The van der Waals surface area contributed by atoms with Crippen LogP contribution in [0.15, 0.2) is 41.3 Å². The Kier molecular flexibility index (Phi) is 4.25. The smallest absolute Gasteiger partial charge is 0.251 e. The number of pyridine rings is 1. The average Bonchev–Trinajstić information content (AvgIpc) is 2.38. The summed E-state index contributed by atoms with van der Waals surface area (Å²) in [5.74, 6) is -0.266. The summed E-state index contributed by atoms with van der Waals surface area (Å²) in [7, 11) is 0. The van der Waals surface area contributed by atoms with Gasteiger partial charge in [0.2, 0.25) is 5.91 Å². The van der Waals surface area contributed by atoms with Gasteiger partial charge in [0.05, 0.1) is 5.02 Å². The molecule has 2 aromatic rings. The van der Waals surface area contributed by atoms with Crippen LogP contribution in [0.1, 0.15) is 11.1 Å². The second kappa shape index (κ2) is 5.92. The zero-order valence-electron chi connectivity index (χ0n) is 11.3. The van der Waals surface area contributed by atoms with Crippen LogP contribution in [0.2, 0.25) is 5.02 Å². The molecule has 0 aliphatic rings. The number of anilines is 1. The van der Waals surface area contributed by atoms with E-state index in [1.54, 1.807) is 0 Å². The Balaban J connectivity index is 2.11. The first-order chi connectivity index (χ1) is 9.45. The monoisotopic (exact) mass is 290 g/mol. The third kappa shape index (κ3) is 3.48. The molecule has 5 heteroatoms. The van der Waals surface area contributed by atoms with Gasteiger partial charge in [-0.3, -0.25) is 9.59 Å². The Labute approximate surface area is 122 Å². The topological polar surface area (TPSA) is 51.1 Å². The molecule has 4 nitrogen and oxygen atoms in total. The molecule has 0 saturated heterocycles. The largest absolute Gasteiger partial charge is 0.325 e. The first-order valence-electron chi connectivity index (χ1n) is 6.19. The maximum absolute atomic E-state index is 11.9. The summed E-state index contributed by atoms with van der Waals surface area (Å²) in [4.78, 5) is 23.5. The van der Waals surface area contributed by atoms with Crippen LogP contribution in [-0.2, 0) is 11.3 Å². The van der Waals surface area contributed by atoms with Crippen molar-refractivity contribution in [3.05, 3.63) is 63.0 Å². The predicted molar refractivity (Wildman–Crippen MR) is 80.3 cm³/mol. The van der Waals surface area contributed by atoms with Gasteiger partial charge in [0.25, 0.3) is 5.56 Å². The van der Waals surface area contributed by atoms with Gasteiger partial charge < -0.3 is 9.88 Å². The van der Waals surface area contributed by atoms with Gasteiger partial charge >= 0.3 is 0 Å². The van der Waals surface area contributed by atoms with Crippen LogP contribution < -0.4 is 10.9 Å². The number of rotatable bonds is 3. The summed E-state index contributed by atoms with van der Waals surface area (Å²) in [5.41, 5.74) is 2.72. The average molecular weight is 291 g/mol. The number of hydrogen-bond acceptors (Lipinski definition) is 2. The van der Waals surface area contributed by atoms with Gasteiger partial charge in [0, 0.05) is 18.0 Å². The number of aromatic nitrogens is 1. The molecule has 0 saturated carbocycles. The number of halogens is 1. The molecule has 1 aromatic carbocycles. The number of hydrogen-bond donors (Lipinski definition) is 1. The molecule has 2 rings (SSSR count). The van der Waals surface area contributed by atoms with Crippen molar-refractivity contribution in [2.75, 3.05) is 5.32 Å². The molecule has 0 bridgehead atoms. The number of nitrogens with zero attached hydrogens (tertiary/aromatic N) is 1. The quantitative estimate of drug-likeness (QED) is 0.945. The highest BCUT2D eigenvalue weighted by Crippen LogP contribution is 2.14. The van der Waals surface area contributed by atoms with Crippen LogP contribution in [0.25, 0.3) is 0 Å². The number of carbonyl (C=O) groups excluding carboxylic acids is 1. The van der Waals surface area contributed by atoms with Gasteiger partial charge in [-0.2, -0.15) is 0 Å². The molecule has 0 aliphatic carbocycles. The van der Waals surface area contributed by atoms with Crippen molar-refractivity contribution in [2.24, 2.45) is 0 Å². The predicted octanol–water partition coefficient (Wildman–Crippen LogP) is 2.76. The number of carbonyl (C=O) groups is 1. The van der Waals surface area contributed by atoms with Gasteiger partial charge in [-0.1, -0.05) is 17.7 Å². The zero-order valence-corrected chi connectivity index (χ0v) is 12.1. The van der Waals surface area contributed by atoms with E-state index < -0.39 is 0 Å². The normalized spacial score (nSPS) is 10.3. The molecule has 1 heterocycles. The van der Waals surface area contributed by atoms with Gasteiger partial charge in [0.15, 0.2) is 0 Å². The molecule has 0 radical (unpaired) electrons. The minimum absolute atomic E-state index is 0.0632. The number of amides is 1. The Morgan fingerprint density at radius 1 is 1.20 bits per heavy atom. The zero-order chi connectivity index (χ0) is 14.7. The van der Waals surface area contributed by atoms with Crippen molar-refractivity contribution < 1.29 is 4.79 Å². The van der Waals surface area contributed by atoms with Crippen LogP contribution >= 0.6 is 11.6 Å². The number of benzene rings is 1. The lowest BCUT2D eigenvalue weighted by Crippen LogP contribution is -2.26. The van der Waals surface area contributed by atoms with E-state index in [0.29, 0.717) is 10.7 Å². The molecule has 0 spiro atoms. The number of aryl methyl sites for hydroxylation is 2. The van der Waals surface area contributed by atoms with Crippen molar-refractivity contribution >= 4 is 23.2 Å². The molecule has 0 fully saturated rings. The maximum Gasteiger partial charge on any atom is 0.251 e. The van der Waals surface area contributed by atoms with Crippen molar-refractivity contribution in [1.82, 2.24) is 4.57 Å². The fraction of sp³-hybridized carbons (Fsp3) is 0.200. The highest BCUT2D eigenvalue weighted by atomic mass is 35.5. The molecule has 0 atom stereocenters. The summed E-state index contributed by atoms with van der Waals surface area (Å²) < 4.78 is 1.28. The first kappa shape index (κ1) is 14.3. The molecule has 1 aromatic heterocycles. The Hall–Kier alpha value is -2.07. The molecule has 1 N–H and O–H groups in total. The second-order valence-electron chi connectivity index (χ2n) is 4.66. The molecule has 1 amide bonds. The van der Waals surface area contributed by atoms with Crippen LogP contribution in [0.4, 0.5) is 5.69 Å². The highest BCUT2D eigenvalue weighted by molar-refractivity contribution is 6.30. The van der Waals surface area contributed by atoms with E-state index in [0.717, 1.165) is 11.1 Å². The van der Waals surface area contributed by atoms with E-state index in [9.17, 15) is 9.59 Å². The van der Waals surface area contributed by atoms with Gasteiger partial charge in [-0.15, -0.1) is 0 Å². The van der Waals surface area contributed by atoms with E-state index in [-0.39, 0.29) is 18.0 Å². The van der Waals surface area contributed by atoms with Crippen molar-refractivity contribution in [3.8, 4) is 0 Å². The fourth-order valence-electron chi connectivity index (χ4n) is 1.80. The maximum atomic E-state index is 11.9. The van der Waals surface area contributed by atoms with Crippen LogP contribution in [0.3, 0.4) is 0 Å².